The fraction of sp³-hybridized carbons (Fsp3) is 0.533. The molecule has 0 fully saturated rings. The Labute approximate surface area is 115 Å². The largest absolute Gasteiger partial charge is 0.491 e. The van der Waals surface area contributed by atoms with E-state index in [1.165, 1.54) is 0 Å². The van der Waals surface area contributed by atoms with Crippen LogP contribution < -0.4 is 15.8 Å². The molecule has 0 radical (unpaired) electrons. The van der Waals surface area contributed by atoms with Gasteiger partial charge in [0.05, 0.1) is 12.3 Å². The molecule has 0 aliphatic heterocycles. The molecule has 1 aromatic carbocycles. The molecular formula is C15H24N2O2. The smallest absolute Gasteiger partial charge is 0.227 e. The lowest BCUT2D eigenvalue weighted by Crippen LogP contribution is -2.21. The molecule has 0 aromatic heterocycles. The maximum absolute atomic E-state index is 12.0. The zero-order valence-corrected chi connectivity index (χ0v) is 11.8. The van der Waals surface area contributed by atoms with Crippen LogP contribution in [0.4, 0.5) is 5.69 Å². The first-order chi connectivity index (χ1) is 9.19. The number of ether oxygens (including phenoxy) is 1. The molecule has 4 heteroatoms. The Bertz CT molecular complexity index is 393. The number of carbonyl (C=O) groups is 1. The van der Waals surface area contributed by atoms with Gasteiger partial charge in [0.25, 0.3) is 0 Å². The summed E-state index contributed by atoms with van der Waals surface area (Å²) in [5, 5.41) is 2.92. The lowest BCUT2D eigenvalue weighted by atomic mass is 10.0. The molecule has 0 heterocycles. The van der Waals surface area contributed by atoms with Gasteiger partial charge in [0.2, 0.25) is 5.91 Å². The predicted octanol–water partition coefficient (Wildman–Crippen LogP) is 2.79. The van der Waals surface area contributed by atoms with Gasteiger partial charge in [-0.25, -0.2) is 0 Å². The van der Waals surface area contributed by atoms with Gasteiger partial charge in [-0.05, 0) is 37.9 Å². The molecule has 1 unspecified atom stereocenters. The minimum Gasteiger partial charge on any atom is -0.491 e. The van der Waals surface area contributed by atoms with Crippen LogP contribution in [0.25, 0.3) is 0 Å². The summed E-state index contributed by atoms with van der Waals surface area (Å²) in [5.41, 5.74) is 6.19. The van der Waals surface area contributed by atoms with Crippen LogP contribution in [-0.4, -0.2) is 19.1 Å². The average molecular weight is 264 g/mol. The monoisotopic (exact) mass is 264 g/mol. The highest BCUT2D eigenvalue weighted by Gasteiger charge is 2.14. The molecule has 4 nitrogen and oxygen atoms in total. The molecule has 19 heavy (non-hydrogen) atoms. The lowest BCUT2D eigenvalue weighted by molar-refractivity contribution is -0.119. The third kappa shape index (κ3) is 5.30. The number of amides is 1. The molecule has 1 atom stereocenters. The summed E-state index contributed by atoms with van der Waals surface area (Å²) in [6, 6.07) is 7.52. The van der Waals surface area contributed by atoms with Crippen molar-refractivity contribution < 1.29 is 9.53 Å². The second-order valence-corrected chi connectivity index (χ2v) is 4.67. The number of nitrogens with one attached hydrogen (secondary N) is 1. The van der Waals surface area contributed by atoms with E-state index in [2.05, 4.69) is 12.2 Å². The summed E-state index contributed by atoms with van der Waals surface area (Å²) in [4.78, 5) is 12.0. The molecule has 0 spiro atoms. The SMILES string of the molecule is CCCOc1ccccc1NC(=O)C(C)CCCN. The molecule has 0 saturated carbocycles. The fourth-order valence-corrected chi connectivity index (χ4v) is 1.72. The van der Waals surface area contributed by atoms with Crippen molar-refractivity contribution in [3.63, 3.8) is 0 Å². The van der Waals surface area contributed by atoms with E-state index in [0.717, 1.165) is 30.7 Å². The van der Waals surface area contributed by atoms with Gasteiger partial charge in [-0.15, -0.1) is 0 Å². The zero-order valence-electron chi connectivity index (χ0n) is 11.8. The highest BCUT2D eigenvalue weighted by Crippen LogP contribution is 2.24. The molecule has 1 amide bonds. The molecule has 3 N–H and O–H groups in total. The minimum atomic E-state index is -0.0391. The van der Waals surface area contributed by atoms with Gasteiger partial charge in [0.15, 0.2) is 0 Å². The minimum absolute atomic E-state index is 0.0148. The van der Waals surface area contributed by atoms with E-state index in [1.54, 1.807) is 0 Å². The summed E-state index contributed by atoms with van der Waals surface area (Å²) in [6.45, 7) is 5.24. The van der Waals surface area contributed by atoms with Crippen molar-refractivity contribution in [1.82, 2.24) is 0 Å². The van der Waals surface area contributed by atoms with Crippen LogP contribution in [0.1, 0.15) is 33.1 Å². The standard InChI is InChI=1S/C15H24N2O2/c1-3-11-19-14-9-5-4-8-13(14)17-15(18)12(2)7-6-10-16/h4-5,8-9,12H,3,6-7,10-11,16H2,1-2H3,(H,17,18). The first kappa shape index (κ1) is 15.5. The number of anilines is 1. The van der Waals surface area contributed by atoms with E-state index < -0.39 is 0 Å². The van der Waals surface area contributed by atoms with Gasteiger partial charge >= 0.3 is 0 Å². The van der Waals surface area contributed by atoms with Crippen molar-refractivity contribution in [2.24, 2.45) is 11.7 Å². The van der Waals surface area contributed by atoms with E-state index >= 15 is 0 Å². The summed E-state index contributed by atoms with van der Waals surface area (Å²) in [7, 11) is 0. The van der Waals surface area contributed by atoms with Crippen LogP contribution >= 0.6 is 0 Å². The molecule has 106 valence electrons. The first-order valence-electron chi connectivity index (χ1n) is 6.91. The van der Waals surface area contributed by atoms with Crippen LogP contribution in [0.2, 0.25) is 0 Å². The van der Waals surface area contributed by atoms with Gasteiger partial charge in [-0.1, -0.05) is 26.0 Å². The Hall–Kier alpha value is -1.55. The van der Waals surface area contributed by atoms with E-state index in [-0.39, 0.29) is 11.8 Å². The third-order valence-corrected chi connectivity index (χ3v) is 2.90. The second-order valence-electron chi connectivity index (χ2n) is 4.67. The van der Waals surface area contributed by atoms with Crippen LogP contribution in [0.3, 0.4) is 0 Å². The van der Waals surface area contributed by atoms with E-state index in [1.807, 2.05) is 31.2 Å². The lowest BCUT2D eigenvalue weighted by Gasteiger charge is -2.15. The maximum atomic E-state index is 12.0. The molecule has 1 aromatic rings. The van der Waals surface area contributed by atoms with Crippen molar-refractivity contribution in [1.29, 1.82) is 0 Å². The Morgan fingerprint density at radius 2 is 2.16 bits per heavy atom. The van der Waals surface area contributed by atoms with Crippen molar-refractivity contribution >= 4 is 11.6 Å². The molecule has 0 aliphatic carbocycles. The van der Waals surface area contributed by atoms with Crippen molar-refractivity contribution in [3.8, 4) is 5.75 Å². The van der Waals surface area contributed by atoms with E-state index in [9.17, 15) is 4.79 Å². The summed E-state index contributed by atoms with van der Waals surface area (Å²) in [5.74, 6) is 0.701. The van der Waals surface area contributed by atoms with Gasteiger partial charge in [-0.2, -0.15) is 0 Å². The van der Waals surface area contributed by atoms with E-state index in [4.69, 9.17) is 10.5 Å². The maximum Gasteiger partial charge on any atom is 0.227 e. The fourth-order valence-electron chi connectivity index (χ4n) is 1.72. The van der Waals surface area contributed by atoms with Crippen molar-refractivity contribution in [2.45, 2.75) is 33.1 Å². The highest BCUT2D eigenvalue weighted by atomic mass is 16.5. The molecular weight excluding hydrogens is 240 g/mol. The topological polar surface area (TPSA) is 64.3 Å². The molecule has 0 bridgehead atoms. The van der Waals surface area contributed by atoms with E-state index in [0.29, 0.717) is 13.2 Å². The van der Waals surface area contributed by atoms with Crippen LogP contribution in [-0.2, 0) is 4.79 Å². The summed E-state index contributed by atoms with van der Waals surface area (Å²) in [6.07, 6.45) is 2.61. The normalized spacial score (nSPS) is 11.9. The summed E-state index contributed by atoms with van der Waals surface area (Å²) < 4.78 is 5.61. The van der Waals surface area contributed by atoms with Crippen molar-refractivity contribution in [3.05, 3.63) is 24.3 Å². The number of nitrogens with two attached hydrogens (primary N) is 1. The Kier molecular flexibility index (Phi) is 6.97. The number of para-hydroxylation sites is 2. The molecule has 1 rings (SSSR count). The number of benzene rings is 1. The number of hydrogen-bond donors (Lipinski definition) is 2. The molecule has 0 aliphatic rings. The van der Waals surface area contributed by atoms with Gasteiger partial charge in [0, 0.05) is 5.92 Å². The Balaban J connectivity index is 2.62. The Morgan fingerprint density at radius 3 is 2.84 bits per heavy atom. The Morgan fingerprint density at radius 1 is 1.42 bits per heavy atom. The van der Waals surface area contributed by atoms with Gasteiger partial charge in [-0.3, -0.25) is 4.79 Å². The van der Waals surface area contributed by atoms with Crippen molar-refractivity contribution in [2.75, 3.05) is 18.5 Å². The number of rotatable bonds is 8. The van der Waals surface area contributed by atoms with Gasteiger partial charge in [0.1, 0.15) is 5.75 Å². The third-order valence-electron chi connectivity index (χ3n) is 2.90. The van der Waals surface area contributed by atoms with Crippen LogP contribution in [0, 0.1) is 5.92 Å². The molecule has 0 saturated heterocycles. The quantitative estimate of drug-likeness (QED) is 0.759. The first-order valence-corrected chi connectivity index (χ1v) is 6.91. The average Bonchev–Trinajstić information content (AvgIpc) is 2.43. The number of carbonyl (C=O) groups excluding carboxylic acids is 1. The van der Waals surface area contributed by atoms with Gasteiger partial charge < -0.3 is 15.8 Å². The van der Waals surface area contributed by atoms with Crippen LogP contribution in [0.5, 0.6) is 5.75 Å². The second kappa shape index (κ2) is 8.53. The number of hydrogen-bond acceptors (Lipinski definition) is 3. The highest BCUT2D eigenvalue weighted by molar-refractivity contribution is 5.93. The zero-order chi connectivity index (χ0) is 14.1. The summed E-state index contributed by atoms with van der Waals surface area (Å²) >= 11 is 0. The predicted molar refractivity (Wildman–Crippen MR) is 78.3 cm³/mol. The van der Waals surface area contributed by atoms with Crippen LogP contribution in [0.15, 0.2) is 24.3 Å².